The third-order valence-corrected chi connectivity index (χ3v) is 3.26. The fourth-order valence-corrected chi connectivity index (χ4v) is 1.94. The molecular formula is C11H18N2OS. The molecule has 1 amide bonds. The predicted octanol–water partition coefficient (Wildman–Crippen LogP) is 1.74. The Bertz CT molecular complexity index is 306. The number of nitrogens with one attached hydrogen (secondary N) is 1. The Morgan fingerprint density at radius 3 is 2.87 bits per heavy atom. The molecule has 0 aliphatic heterocycles. The number of rotatable bonds is 5. The molecule has 0 bridgehead atoms. The first kappa shape index (κ1) is 12.2. The summed E-state index contributed by atoms with van der Waals surface area (Å²) in [6.45, 7) is 5.00. The van der Waals surface area contributed by atoms with Crippen molar-refractivity contribution in [3.63, 3.8) is 0 Å². The summed E-state index contributed by atoms with van der Waals surface area (Å²) in [5.41, 5.74) is 5.10. The van der Waals surface area contributed by atoms with E-state index in [4.69, 9.17) is 5.73 Å². The van der Waals surface area contributed by atoms with Crippen LogP contribution in [0.2, 0.25) is 0 Å². The zero-order chi connectivity index (χ0) is 11.3. The highest BCUT2D eigenvalue weighted by Gasteiger charge is 2.26. The zero-order valence-electron chi connectivity index (χ0n) is 9.25. The Labute approximate surface area is 94.7 Å². The quantitative estimate of drug-likeness (QED) is 0.803. The van der Waals surface area contributed by atoms with Gasteiger partial charge in [0.25, 0.3) is 0 Å². The van der Waals surface area contributed by atoms with Gasteiger partial charge in [0.2, 0.25) is 5.91 Å². The molecule has 0 saturated heterocycles. The van der Waals surface area contributed by atoms with E-state index in [1.165, 1.54) is 4.88 Å². The van der Waals surface area contributed by atoms with E-state index in [2.05, 4.69) is 5.32 Å². The SMILES string of the molecule is CC(C)(CCN)C(=O)NCc1cccs1. The summed E-state index contributed by atoms with van der Waals surface area (Å²) in [7, 11) is 0. The van der Waals surface area contributed by atoms with Gasteiger partial charge in [-0.1, -0.05) is 19.9 Å². The monoisotopic (exact) mass is 226 g/mol. The molecule has 3 N–H and O–H groups in total. The van der Waals surface area contributed by atoms with Crippen LogP contribution in [0.3, 0.4) is 0 Å². The summed E-state index contributed by atoms with van der Waals surface area (Å²) in [6.07, 6.45) is 0.712. The maximum atomic E-state index is 11.8. The van der Waals surface area contributed by atoms with Gasteiger partial charge in [0.05, 0.1) is 6.54 Å². The summed E-state index contributed by atoms with van der Waals surface area (Å²) in [5.74, 6) is 0.0707. The summed E-state index contributed by atoms with van der Waals surface area (Å²) in [5, 5.41) is 4.93. The molecule has 0 radical (unpaired) electrons. The summed E-state index contributed by atoms with van der Waals surface area (Å²) >= 11 is 1.65. The van der Waals surface area contributed by atoms with Gasteiger partial charge in [-0.3, -0.25) is 4.79 Å². The highest BCUT2D eigenvalue weighted by Crippen LogP contribution is 2.19. The van der Waals surface area contributed by atoms with Crippen molar-refractivity contribution in [1.29, 1.82) is 0 Å². The summed E-state index contributed by atoms with van der Waals surface area (Å²) in [4.78, 5) is 13.0. The van der Waals surface area contributed by atoms with Gasteiger partial charge < -0.3 is 11.1 Å². The second-order valence-electron chi connectivity index (χ2n) is 4.18. The molecule has 0 fully saturated rings. The lowest BCUT2D eigenvalue weighted by Gasteiger charge is -2.22. The van der Waals surface area contributed by atoms with Gasteiger partial charge in [-0.25, -0.2) is 0 Å². The molecule has 1 aromatic rings. The van der Waals surface area contributed by atoms with E-state index in [0.717, 1.165) is 0 Å². The van der Waals surface area contributed by atoms with Gasteiger partial charge in [-0.15, -0.1) is 11.3 Å². The van der Waals surface area contributed by atoms with Crippen molar-refractivity contribution in [3.8, 4) is 0 Å². The van der Waals surface area contributed by atoms with Crippen molar-refractivity contribution in [2.75, 3.05) is 6.54 Å². The first-order valence-corrected chi connectivity index (χ1v) is 5.95. The molecular weight excluding hydrogens is 208 g/mol. The lowest BCUT2D eigenvalue weighted by molar-refractivity contribution is -0.129. The lowest BCUT2D eigenvalue weighted by Crippen LogP contribution is -2.37. The number of amides is 1. The van der Waals surface area contributed by atoms with Crippen LogP contribution in [0.4, 0.5) is 0 Å². The highest BCUT2D eigenvalue weighted by atomic mass is 32.1. The third kappa shape index (κ3) is 3.64. The number of carbonyl (C=O) groups is 1. The number of hydrogen-bond acceptors (Lipinski definition) is 3. The minimum Gasteiger partial charge on any atom is -0.351 e. The molecule has 84 valence electrons. The highest BCUT2D eigenvalue weighted by molar-refractivity contribution is 7.09. The van der Waals surface area contributed by atoms with Crippen LogP contribution in [-0.2, 0) is 11.3 Å². The van der Waals surface area contributed by atoms with Crippen molar-refractivity contribution < 1.29 is 4.79 Å². The standard InChI is InChI=1S/C11H18N2OS/c1-11(2,5-6-12)10(14)13-8-9-4-3-7-15-9/h3-4,7H,5-6,8,12H2,1-2H3,(H,13,14). The number of hydrogen-bond donors (Lipinski definition) is 2. The predicted molar refractivity (Wildman–Crippen MR) is 63.6 cm³/mol. The molecule has 0 atom stereocenters. The second-order valence-corrected chi connectivity index (χ2v) is 5.22. The van der Waals surface area contributed by atoms with Crippen LogP contribution in [0.15, 0.2) is 17.5 Å². The molecule has 0 aliphatic rings. The molecule has 0 aliphatic carbocycles. The Morgan fingerprint density at radius 1 is 1.60 bits per heavy atom. The van der Waals surface area contributed by atoms with E-state index in [1.54, 1.807) is 11.3 Å². The van der Waals surface area contributed by atoms with Gasteiger partial charge in [0, 0.05) is 10.3 Å². The molecule has 3 nitrogen and oxygen atoms in total. The van der Waals surface area contributed by atoms with Crippen molar-refractivity contribution in [1.82, 2.24) is 5.32 Å². The van der Waals surface area contributed by atoms with Gasteiger partial charge in [-0.05, 0) is 24.4 Å². The largest absolute Gasteiger partial charge is 0.351 e. The zero-order valence-corrected chi connectivity index (χ0v) is 10.1. The minimum atomic E-state index is -0.369. The van der Waals surface area contributed by atoms with Crippen LogP contribution >= 0.6 is 11.3 Å². The molecule has 0 spiro atoms. The Hall–Kier alpha value is -0.870. The van der Waals surface area contributed by atoms with Gasteiger partial charge >= 0.3 is 0 Å². The molecule has 0 saturated carbocycles. The van der Waals surface area contributed by atoms with Crippen molar-refractivity contribution in [3.05, 3.63) is 22.4 Å². The van der Waals surface area contributed by atoms with Crippen LogP contribution in [0.25, 0.3) is 0 Å². The topological polar surface area (TPSA) is 55.1 Å². The van der Waals surface area contributed by atoms with Crippen LogP contribution in [0.5, 0.6) is 0 Å². The Balaban J connectivity index is 2.42. The molecule has 4 heteroatoms. The maximum absolute atomic E-state index is 11.8. The Kier molecular flexibility index (Phi) is 4.29. The summed E-state index contributed by atoms with van der Waals surface area (Å²) < 4.78 is 0. The van der Waals surface area contributed by atoms with Crippen LogP contribution in [-0.4, -0.2) is 12.5 Å². The minimum absolute atomic E-state index is 0.0707. The van der Waals surface area contributed by atoms with Gasteiger partial charge in [0.15, 0.2) is 0 Å². The second kappa shape index (κ2) is 5.28. The molecule has 0 aromatic carbocycles. The fourth-order valence-electron chi connectivity index (χ4n) is 1.29. The van der Waals surface area contributed by atoms with E-state index in [-0.39, 0.29) is 11.3 Å². The van der Waals surface area contributed by atoms with Crippen LogP contribution in [0.1, 0.15) is 25.1 Å². The first-order valence-electron chi connectivity index (χ1n) is 5.07. The average molecular weight is 226 g/mol. The van der Waals surface area contributed by atoms with Crippen LogP contribution < -0.4 is 11.1 Å². The number of thiophene rings is 1. The van der Waals surface area contributed by atoms with Crippen LogP contribution in [0, 0.1) is 5.41 Å². The van der Waals surface area contributed by atoms with E-state index < -0.39 is 0 Å². The number of carbonyl (C=O) groups excluding carboxylic acids is 1. The third-order valence-electron chi connectivity index (χ3n) is 2.39. The smallest absolute Gasteiger partial charge is 0.225 e. The maximum Gasteiger partial charge on any atom is 0.225 e. The molecule has 0 unspecified atom stereocenters. The molecule has 15 heavy (non-hydrogen) atoms. The van der Waals surface area contributed by atoms with E-state index >= 15 is 0 Å². The van der Waals surface area contributed by atoms with Crippen molar-refractivity contribution in [2.24, 2.45) is 11.1 Å². The van der Waals surface area contributed by atoms with Crippen molar-refractivity contribution in [2.45, 2.75) is 26.8 Å². The van der Waals surface area contributed by atoms with Crippen molar-refractivity contribution >= 4 is 17.2 Å². The molecule has 1 rings (SSSR count). The Morgan fingerprint density at radius 2 is 2.33 bits per heavy atom. The number of nitrogens with two attached hydrogens (primary N) is 1. The molecule has 1 aromatic heterocycles. The van der Waals surface area contributed by atoms with E-state index in [9.17, 15) is 4.79 Å². The van der Waals surface area contributed by atoms with Gasteiger partial charge in [0.1, 0.15) is 0 Å². The van der Waals surface area contributed by atoms with E-state index in [1.807, 2.05) is 31.4 Å². The summed E-state index contributed by atoms with van der Waals surface area (Å²) in [6, 6.07) is 4.00. The normalized spacial score (nSPS) is 11.4. The lowest BCUT2D eigenvalue weighted by atomic mass is 9.88. The fraction of sp³-hybridized carbons (Fsp3) is 0.545. The average Bonchev–Trinajstić information content (AvgIpc) is 2.66. The van der Waals surface area contributed by atoms with E-state index in [0.29, 0.717) is 19.5 Å². The van der Waals surface area contributed by atoms with Gasteiger partial charge in [-0.2, -0.15) is 0 Å². The first-order chi connectivity index (χ1) is 7.06. The molecule has 1 heterocycles.